The third kappa shape index (κ3) is 2.71. The van der Waals surface area contributed by atoms with Crippen LogP contribution in [0.5, 0.6) is 0 Å². The number of aromatic nitrogens is 1. The van der Waals surface area contributed by atoms with Gasteiger partial charge in [-0.3, -0.25) is 4.79 Å². The first-order valence-corrected chi connectivity index (χ1v) is 6.57. The topological polar surface area (TPSA) is 62.5 Å². The standard InChI is InChI=1S/C14H20N2O3/c1-9(2)7-16-12-4-5-15(3)8-10(12)6-11(13(16)17)14(18)19/h6,9H,4-5,7-8H2,1-3H3,(H,18,19). The molecule has 1 aliphatic heterocycles. The molecule has 1 aromatic rings. The summed E-state index contributed by atoms with van der Waals surface area (Å²) in [6, 6.07) is 1.55. The molecule has 19 heavy (non-hydrogen) atoms. The van der Waals surface area contributed by atoms with Crippen molar-refractivity contribution in [2.75, 3.05) is 13.6 Å². The van der Waals surface area contributed by atoms with Crippen LogP contribution in [-0.2, 0) is 19.5 Å². The summed E-state index contributed by atoms with van der Waals surface area (Å²) < 4.78 is 1.66. The molecule has 0 fully saturated rings. The van der Waals surface area contributed by atoms with Gasteiger partial charge in [0.1, 0.15) is 5.56 Å². The van der Waals surface area contributed by atoms with Crippen molar-refractivity contribution < 1.29 is 9.90 Å². The molecule has 1 aromatic heterocycles. The van der Waals surface area contributed by atoms with Gasteiger partial charge in [-0.25, -0.2) is 4.79 Å². The van der Waals surface area contributed by atoms with Crippen molar-refractivity contribution in [1.29, 1.82) is 0 Å². The maximum absolute atomic E-state index is 12.3. The molecule has 1 aliphatic rings. The van der Waals surface area contributed by atoms with Crippen LogP contribution in [0.1, 0.15) is 35.5 Å². The normalized spacial score (nSPS) is 15.6. The molecule has 2 heterocycles. The molecule has 0 atom stereocenters. The quantitative estimate of drug-likeness (QED) is 0.890. The van der Waals surface area contributed by atoms with Crippen LogP contribution in [-0.4, -0.2) is 34.1 Å². The van der Waals surface area contributed by atoms with E-state index in [0.29, 0.717) is 19.0 Å². The van der Waals surface area contributed by atoms with E-state index in [1.165, 1.54) is 0 Å². The average Bonchev–Trinajstić information content (AvgIpc) is 2.31. The molecule has 0 radical (unpaired) electrons. The number of likely N-dealkylation sites (N-methyl/N-ethyl adjacent to an activating group) is 1. The van der Waals surface area contributed by atoms with Gasteiger partial charge in [-0.15, -0.1) is 0 Å². The van der Waals surface area contributed by atoms with Crippen molar-refractivity contribution in [3.05, 3.63) is 33.2 Å². The summed E-state index contributed by atoms with van der Waals surface area (Å²) >= 11 is 0. The summed E-state index contributed by atoms with van der Waals surface area (Å²) in [6.45, 7) is 6.24. The van der Waals surface area contributed by atoms with Crippen LogP contribution in [0.2, 0.25) is 0 Å². The Balaban J connectivity index is 2.62. The monoisotopic (exact) mass is 264 g/mol. The molecule has 0 saturated heterocycles. The van der Waals surface area contributed by atoms with Crippen LogP contribution >= 0.6 is 0 Å². The second-order valence-electron chi connectivity index (χ2n) is 5.63. The van der Waals surface area contributed by atoms with Crippen molar-refractivity contribution in [2.24, 2.45) is 5.92 Å². The van der Waals surface area contributed by atoms with Crippen molar-refractivity contribution in [3.63, 3.8) is 0 Å². The molecule has 1 N–H and O–H groups in total. The van der Waals surface area contributed by atoms with Gasteiger partial charge in [0.25, 0.3) is 5.56 Å². The fourth-order valence-electron chi connectivity index (χ4n) is 2.57. The zero-order chi connectivity index (χ0) is 14.2. The highest BCUT2D eigenvalue weighted by atomic mass is 16.4. The zero-order valence-electron chi connectivity index (χ0n) is 11.6. The number of nitrogens with zero attached hydrogens (tertiary/aromatic N) is 2. The third-order valence-electron chi connectivity index (χ3n) is 3.44. The zero-order valence-corrected chi connectivity index (χ0v) is 11.6. The lowest BCUT2D eigenvalue weighted by Gasteiger charge is -2.28. The number of hydrogen-bond donors (Lipinski definition) is 1. The van der Waals surface area contributed by atoms with Gasteiger partial charge in [0.05, 0.1) is 0 Å². The smallest absolute Gasteiger partial charge is 0.341 e. The Morgan fingerprint density at radius 2 is 2.16 bits per heavy atom. The molecule has 5 nitrogen and oxygen atoms in total. The van der Waals surface area contributed by atoms with Crippen LogP contribution in [0.25, 0.3) is 0 Å². The second kappa shape index (κ2) is 5.17. The lowest BCUT2D eigenvalue weighted by molar-refractivity contribution is 0.0693. The van der Waals surface area contributed by atoms with Crippen LogP contribution in [0.4, 0.5) is 0 Å². The highest BCUT2D eigenvalue weighted by molar-refractivity contribution is 5.87. The Morgan fingerprint density at radius 3 is 2.74 bits per heavy atom. The van der Waals surface area contributed by atoms with Gasteiger partial charge in [0.2, 0.25) is 0 Å². The molecule has 0 saturated carbocycles. The molecule has 0 aliphatic carbocycles. The van der Waals surface area contributed by atoms with Gasteiger partial charge in [0.15, 0.2) is 0 Å². The fraction of sp³-hybridized carbons (Fsp3) is 0.571. The van der Waals surface area contributed by atoms with Crippen LogP contribution in [0.3, 0.4) is 0 Å². The van der Waals surface area contributed by atoms with Crippen molar-refractivity contribution in [1.82, 2.24) is 9.47 Å². The first-order chi connectivity index (χ1) is 8.90. The molecule has 0 spiro atoms. The van der Waals surface area contributed by atoms with Gasteiger partial charge in [-0.1, -0.05) is 13.8 Å². The van der Waals surface area contributed by atoms with Crippen molar-refractivity contribution >= 4 is 5.97 Å². The minimum atomic E-state index is -1.14. The minimum Gasteiger partial charge on any atom is -0.477 e. The average molecular weight is 264 g/mol. The van der Waals surface area contributed by atoms with Crippen LogP contribution in [0, 0.1) is 5.92 Å². The van der Waals surface area contributed by atoms with E-state index in [0.717, 1.165) is 24.2 Å². The summed E-state index contributed by atoms with van der Waals surface area (Å²) in [5.41, 5.74) is 1.48. The molecule has 0 aromatic carbocycles. The molecule has 5 heteroatoms. The Morgan fingerprint density at radius 1 is 1.47 bits per heavy atom. The van der Waals surface area contributed by atoms with Gasteiger partial charge >= 0.3 is 5.97 Å². The highest BCUT2D eigenvalue weighted by Crippen LogP contribution is 2.18. The lowest BCUT2D eigenvalue weighted by atomic mass is 10.0. The van der Waals surface area contributed by atoms with Crippen molar-refractivity contribution in [2.45, 2.75) is 33.4 Å². The Hall–Kier alpha value is -1.62. The summed E-state index contributed by atoms with van der Waals surface area (Å²) in [5, 5.41) is 9.16. The van der Waals surface area contributed by atoms with Crippen LogP contribution < -0.4 is 5.56 Å². The largest absolute Gasteiger partial charge is 0.477 e. The minimum absolute atomic E-state index is 0.116. The number of carbonyl (C=O) groups is 1. The molecule has 0 bridgehead atoms. The van der Waals surface area contributed by atoms with E-state index in [1.54, 1.807) is 10.6 Å². The number of pyridine rings is 1. The Labute approximate surface area is 112 Å². The van der Waals surface area contributed by atoms with E-state index in [4.69, 9.17) is 5.11 Å². The highest BCUT2D eigenvalue weighted by Gasteiger charge is 2.22. The number of rotatable bonds is 3. The third-order valence-corrected chi connectivity index (χ3v) is 3.44. The predicted molar refractivity (Wildman–Crippen MR) is 72.5 cm³/mol. The Kier molecular flexibility index (Phi) is 3.75. The molecular weight excluding hydrogens is 244 g/mol. The van der Waals surface area contributed by atoms with E-state index in [-0.39, 0.29) is 11.1 Å². The summed E-state index contributed by atoms with van der Waals surface area (Å²) in [6.07, 6.45) is 0.799. The van der Waals surface area contributed by atoms with Gasteiger partial charge in [-0.2, -0.15) is 0 Å². The van der Waals surface area contributed by atoms with E-state index in [9.17, 15) is 9.59 Å². The van der Waals surface area contributed by atoms with Gasteiger partial charge in [0, 0.05) is 31.7 Å². The van der Waals surface area contributed by atoms with E-state index < -0.39 is 5.97 Å². The molecule has 0 amide bonds. The summed E-state index contributed by atoms with van der Waals surface area (Å²) in [4.78, 5) is 25.6. The Bertz CT molecular complexity index is 561. The van der Waals surface area contributed by atoms with Crippen molar-refractivity contribution in [3.8, 4) is 0 Å². The van der Waals surface area contributed by atoms with Gasteiger partial charge in [-0.05, 0) is 24.6 Å². The first kappa shape index (κ1) is 13.8. The molecular formula is C14H20N2O3. The lowest BCUT2D eigenvalue weighted by Crippen LogP contribution is -2.37. The van der Waals surface area contributed by atoms with Crippen LogP contribution in [0.15, 0.2) is 10.9 Å². The SMILES string of the molecule is CC(C)Cn1c2c(cc(C(=O)O)c1=O)CN(C)CC2. The second-order valence-corrected chi connectivity index (χ2v) is 5.63. The number of fused-ring (bicyclic) bond motifs is 1. The predicted octanol–water partition coefficient (Wildman–Crippen LogP) is 1.19. The molecule has 0 unspecified atom stereocenters. The van der Waals surface area contributed by atoms with E-state index in [1.807, 2.05) is 20.9 Å². The maximum Gasteiger partial charge on any atom is 0.341 e. The van der Waals surface area contributed by atoms with E-state index in [2.05, 4.69) is 4.90 Å². The summed E-state index contributed by atoms with van der Waals surface area (Å²) in [7, 11) is 2.00. The molecule has 104 valence electrons. The summed E-state index contributed by atoms with van der Waals surface area (Å²) in [5.74, 6) is -0.830. The fourth-order valence-corrected chi connectivity index (χ4v) is 2.57. The number of carboxylic acids is 1. The number of aromatic carboxylic acids is 1. The number of hydrogen-bond acceptors (Lipinski definition) is 3. The first-order valence-electron chi connectivity index (χ1n) is 6.57. The maximum atomic E-state index is 12.3. The van der Waals surface area contributed by atoms with E-state index >= 15 is 0 Å². The van der Waals surface area contributed by atoms with Gasteiger partial charge < -0.3 is 14.6 Å². The number of carboxylic acid groups (broad SMARTS) is 1. The molecule has 2 rings (SSSR count).